The van der Waals surface area contributed by atoms with Crippen molar-refractivity contribution in [3.8, 4) is 5.75 Å². The van der Waals surface area contributed by atoms with Crippen LogP contribution in [0.5, 0.6) is 5.75 Å². The second-order valence-electron chi connectivity index (χ2n) is 4.55. The van der Waals surface area contributed by atoms with Gasteiger partial charge >= 0.3 is 0 Å². The van der Waals surface area contributed by atoms with Gasteiger partial charge in [0.2, 0.25) is 0 Å². The van der Waals surface area contributed by atoms with Gasteiger partial charge in [-0.2, -0.15) is 0 Å². The van der Waals surface area contributed by atoms with Crippen molar-refractivity contribution in [2.24, 2.45) is 5.92 Å². The maximum absolute atomic E-state index is 12.0. The minimum atomic E-state index is -0.0865. The van der Waals surface area contributed by atoms with Gasteiger partial charge in [0.05, 0.1) is 13.2 Å². The molecule has 4 heteroatoms. The highest BCUT2D eigenvalue weighted by Crippen LogP contribution is 2.33. The van der Waals surface area contributed by atoms with E-state index < -0.39 is 0 Å². The molecule has 2 rings (SSSR count). The van der Waals surface area contributed by atoms with Crippen LogP contribution in [0.4, 0.5) is 0 Å². The van der Waals surface area contributed by atoms with Gasteiger partial charge in [-0.25, -0.2) is 0 Å². The Bertz CT molecular complexity index is 415. The number of amides is 1. The summed E-state index contributed by atoms with van der Waals surface area (Å²) < 4.78 is 10.5. The second kappa shape index (κ2) is 5.87. The number of hydrogen-bond donors (Lipinski definition) is 1. The van der Waals surface area contributed by atoms with Gasteiger partial charge in [-0.15, -0.1) is 0 Å². The molecule has 0 aliphatic heterocycles. The van der Waals surface area contributed by atoms with Crippen molar-refractivity contribution in [3.05, 3.63) is 29.8 Å². The second-order valence-corrected chi connectivity index (χ2v) is 4.55. The standard InChI is InChI=1S/C14H19NO3/c1-17-12-5-3-4-11(8-12)14(16)15-9-13(18-2)10-6-7-10/h3-5,8,10,13H,6-7,9H2,1-2H3,(H,15,16)/t13-/m1/s1. The molecule has 0 radical (unpaired) electrons. The van der Waals surface area contributed by atoms with Gasteiger partial charge in [0.25, 0.3) is 5.91 Å². The number of methoxy groups -OCH3 is 2. The van der Waals surface area contributed by atoms with Gasteiger partial charge in [-0.1, -0.05) is 6.07 Å². The van der Waals surface area contributed by atoms with E-state index in [2.05, 4.69) is 5.32 Å². The molecule has 1 amide bonds. The fourth-order valence-electron chi connectivity index (χ4n) is 1.97. The highest BCUT2D eigenvalue weighted by atomic mass is 16.5. The van der Waals surface area contributed by atoms with E-state index in [1.165, 1.54) is 12.8 Å². The number of carbonyl (C=O) groups is 1. The number of ether oxygens (including phenoxy) is 2. The summed E-state index contributed by atoms with van der Waals surface area (Å²) >= 11 is 0. The van der Waals surface area contributed by atoms with Crippen LogP contribution in [0.3, 0.4) is 0 Å². The van der Waals surface area contributed by atoms with Crippen LogP contribution in [-0.4, -0.2) is 32.8 Å². The van der Waals surface area contributed by atoms with Crippen LogP contribution in [0.15, 0.2) is 24.3 Å². The van der Waals surface area contributed by atoms with Crippen molar-refractivity contribution < 1.29 is 14.3 Å². The molecule has 0 spiro atoms. The molecule has 98 valence electrons. The lowest BCUT2D eigenvalue weighted by atomic mass is 10.2. The molecule has 0 aromatic heterocycles. The minimum absolute atomic E-state index is 0.0865. The quantitative estimate of drug-likeness (QED) is 0.837. The number of nitrogens with one attached hydrogen (secondary N) is 1. The van der Waals surface area contributed by atoms with Gasteiger partial charge < -0.3 is 14.8 Å². The Morgan fingerprint density at radius 3 is 2.83 bits per heavy atom. The van der Waals surface area contributed by atoms with Gasteiger partial charge in [0, 0.05) is 19.2 Å². The molecule has 1 aromatic carbocycles. The first-order valence-electron chi connectivity index (χ1n) is 6.19. The van der Waals surface area contributed by atoms with Crippen LogP contribution in [0.25, 0.3) is 0 Å². The summed E-state index contributed by atoms with van der Waals surface area (Å²) in [5.41, 5.74) is 0.611. The maximum Gasteiger partial charge on any atom is 0.251 e. The zero-order valence-corrected chi connectivity index (χ0v) is 10.8. The Labute approximate surface area is 107 Å². The summed E-state index contributed by atoms with van der Waals surface area (Å²) in [6.45, 7) is 0.567. The SMILES string of the molecule is COc1cccc(C(=O)NC[C@@H](OC)C2CC2)c1. The first-order chi connectivity index (χ1) is 8.74. The monoisotopic (exact) mass is 249 g/mol. The van der Waals surface area contributed by atoms with Crippen molar-refractivity contribution in [3.63, 3.8) is 0 Å². The van der Waals surface area contributed by atoms with Crippen LogP contribution >= 0.6 is 0 Å². The van der Waals surface area contributed by atoms with Gasteiger partial charge in [-0.05, 0) is 37.0 Å². The molecule has 0 saturated heterocycles. The molecule has 1 aliphatic carbocycles. The number of rotatable bonds is 6. The zero-order valence-electron chi connectivity index (χ0n) is 10.8. The normalized spacial score (nSPS) is 16.1. The lowest BCUT2D eigenvalue weighted by Gasteiger charge is -2.15. The molecule has 1 N–H and O–H groups in total. The summed E-state index contributed by atoms with van der Waals surface area (Å²) in [6, 6.07) is 7.13. The average molecular weight is 249 g/mol. The van der Waals surface area contributed by atoms with Crippen molar-refractivity contribution in [2.45, 2.75) is 18.9 Å². The van der Waals surface area contributed by atoms with Crippen LogP contribution in [0.2, 0.25) is 0 Å². The van der Waals surface area contributed by atoms with Crippen molar-refractivity contribution >= 4 is 5.91 Å². The maximum atomic E-state index is 12.0. The summed E-state index contributed by atoms with van der Waals surface area (Å²) in [6.07, 6.45) is 2.54. The van der Waals surface area contributed by atoms with Gasteiger partial charge in [-0.3, -0.25) is 4.79 Å². The molecule has 1 aliphatic rings. The van der Waals surface area contributed by atoms with Crippen LogP contribution in [0.1, 0.15) is 23.2 Å². The van der Waals surface area contributed by atoms with Crippen LogP contribution in [0, 0.1) is 5.92 Å². The van der Waals surface area contributed by atoms with E-state index in [1.54, 1.807) is 26.4 Å². The van der Waals surface area contributed by atoms with E-state index in [1.807, 2.05) is 12.1 Å². The van der Waals surface area contributed by atoms with Crippen LogP contribution in [-0.2, 0) is 4.74 Å². The summed E-state index contributed by atoms with van der Waals surface area (Å²) in [7, 11) is 3.28. The lowest BCUT2D eigenvalue weighted by molar-refractivity contribution is 0.0741. The fraction of sp³-hybridized carbons (Fsp3) is 0.500. The summed E-state index contributed by atoms with van der Waals surface area (Å²) in [4.78, 5) is 12.0. The summed E-state index contributed by atoms with van der Waals surface area (Å²) in [5.74, 6) is 1.21. The summed E-state index contributed by atoms with van der Waals surface area (Å²) in [5, 5.41) is 2.90. The molecule has 1 aromatic rings. The van der Waals surface area contributed by atoms with E-state index >= 15 is 0 Å². The van der Waals surface area contributed by atoms with Gasteiger partial charge in [0.15, 0.2) is 0 Å². The predicted octanol–water partition coefficient (Wildman–Crippen LogP) is 1.85. The van der Waals surface area contributed by atoms with E-state index in [4.69, 9.17) is 9.47 Å². The number of hydrogen-bond acceptors (Lipinski definition) is 3. The minimum Gasteiger partial charge on any atom is -0.497 e. The number of benzene rings is 1. The smallest absolute Gasteiger partial charge is 0.251 e. The van der Waals surface area contributed by atoms with Gasteiger partial charge in [0.1, 0.15) is 5.75 Å². The topological polar surface area (TPSA) is 47.6 Å². The third kappa shape index (κ3) is 3.23. The highest BCUT2D eigenvalue weighted by molar-refractivity contribution is 5.94. The lowest BCUT2D eigenvalue weighted by Crippen LogP contribution is -2.34. The predicted molar refractivity (Wildman–Crippen MR) is 68.8 cm³/mol. The highest BCUT2D eigenvalue weighted by Gasteiger charge is 2.31. The van der Waals surface area contributed by atoms with Crippen molar-refractivity contribution in [2.75, 3.05) is 20.8 Å². The largest absolute Gasteiger partial charge is 0.497 e. The first kappa shape index (κ1) is 12.9. The van der Waals surface area contributed by atoms with E-state index in [0.29, 0.717) is 23.8 Å². The fourth-order valence-corrected chi connectivity index (χ4v) is 1.97. The Balaban J connectivity index is 1.90. The Morgan fingerprint density at radius 1 is 1.44 bits per heavy atom. The molecule has 0 heterocycles. The molecule has 4 nitrogen and oxygen atoms in total. The number of carbonyl (C=O) groups excluding carboxylic acids is 1. The van der Waals surface area contributed by atoms with E-state index in [0.717, 1.165) is 0 Å². The molecular weight excluding hydrogens is 230 g/mol. The average Bonchev–Trinajstić information content (AvgIpc) is 3.24. The molecule has 0 unspecified atom stereocenters. The van der Waals surface area contributed by atoms with Crippen LogP contribution < -0.4 is 10.1 Å². The Kier molecular flexibility index (Phi) is 4.20. The zero-order chi connectivity index (χ0) is 13.0. The van der Waals surface area contributed by atoms with Crippen molar-refractivity contribution in [1.29, 1.82) is 0 Å². The van der Waals surface area contributed by atoms with E-state index in [9.17, 15) is 4.79 Å². The molecule has 0 bridgehead atoms. The third-order valence-corrected chi connectivity index (χ3v) is 3.25. The molecule has 1 saturated carbocycles. The van der Waals surface area contributed by atoms with Crippen molar-refractivity contribution in [1.82, 2.24) is 5.32 Å². The first-order valence-corrected chi connectivity index (χ1v) is 6.19. The molecule has 1 fully saturated rings. The Morgan fingerprint density at radius 2 is 2.22 bits per heavy atom. The third-order valence-electron chi connectivity index (χ3n) is 3.25. The molecular formula is C14H19NO3. The Hall–Kier alpha value is -1.55. The van der Waals surface area contributed by atoms with E-state index in [-0.39, 0.29) is 12.0 Å². The molecule has 18 heavy (non-hydrogen) atoms. The molecule has 1 atom stereocenters.